The van der Waals surface area contributed by atoms with Crippen molar-refractivity contribution in [2.75, 3.05) is 0 Å². The number of alkyl halides is 4. The van der Waals surface area contributed by atoms with Crippen LogP contribution >= 0.6 is 23.2 Å². The molecule has 2 aromatic heterocycles. The Morgan fingerprint density at radius 3 is 2.33 bits per heavy atom. The second-order valence-corrected chi connectivity index (χ2v) is 7.08. The summed E-state index contributed by atoms with van der Waals surface area (Å²) in [6.45, 7) is 0. The molecule has 0 amide bonds. The highest BCUT2D eigenvalue weighted by atomic mass is 35.5. The molecule has 0 aliphatic carbocycles. The summed E-state index contributed by atoms with van der Waals surface area (Å²) in [5, 5.41) is 0.449. The smallest absolute Gasteiger partial charge is 0.292 e. The van der Waals surface area contributed by atoms with Gasteiger partial charge in [0, 0.05) is 41.2 Å². The largest absolute Gasteiger partial charge is 0.435 e. The molecule has 0 aliphatic rings. The minimum Gasteiger partial charge on any atom is -0.292 e. The number of carbonyl (C=O) groups excluding carboxylic acids is 1. The van der Waals surface area contributed by atoms with Crippen LogP contribution in [0, 0.1) is 0 Å². The minimum absolute atomic E-state index is 0.123. The van der Waals surface area contributed by atoms with Crippen molar-refractivity contribution in [2.45, 2.75) is 25.2 Å². The molecule has 0 spiro atoms. The monoisotopic (exact) mass is 457 g/mol. The molecule has 0 saturated heterocycles. The van der Waals surface area contributed by atoms with Crippen molar-refractivity contribution in [1.82, 2.24) is 15.0 Å². The molecule has 0 radical (unpaired) electrons. The van der Waals surface area contributed by atoms with Crippen LogP contribution in [0.3, 0.4) is 0 Å². The van der Waals surface area contributed by atoms with Gasteiger partial charge in [-0.1, -0.05) is 35.3 Å². The lowest BCUT2D eigenvalue weighted by atomic mass is 9.99. The number of ketones is 1. The first-order valence-corrected chi connectivity index (χ1v) is 9.39. The molecular formula is C20H13Cl2F4N3O. The van der Waals surface area contributed by atoms with Gasteiger partial charge in [-0.3, -0.25) is 4.79 Å². The number of carbonyl (C=O) groups is 1. The van der Waals surface area contributed by atoms with E-state index in [2.05, 4.69) is 15.0 Å². The van der Waals surface area contributed by atoms with E-state index in [4.69, 9.17) is 23.2 Å². The lowest BCUT2D eigenvalue weighted by Crippen LogP contribution is -2.17. The Hall–Kier alpha value is -2.58. The Morgan fingerprint density at radius 1 is 1.00 bits per heavy atom. The maximum atomic E-state index is 14.7. The van der Waals surface area contributed by atoms with Crippen molar-refractivity contribution in [2.24, 2.45) is 0 Å². The summed E-state index contributed by atoms with van der Waals surface area (Å²) in [6.07, 6.45) is -3.95. The highest BCUT2D eigenvalue weighted by Crippen LogP contribution is 2.34. The van der Waals surface area contributed by atoms with Crippen molar-refractivity contribution in [3.63, 3.8) is 0 Å². The molecule has 1 atom stereocenters. The normalized spacial score (nSPS) is 12.6. The van der Waals surface area contributed by atoms with Gasteiger partial charge in [-0.25, -0.2) is 19.3 Å². The number of nitrogens with zero attached hydrogens (tertiary/aromatic N) is 3. The summed E-state index contributed by atoms with van der Waals surface area (Å²) in [5.74, 6) is -0.946. The van der Waals surface area contributed by atoms with E-state index in [0.29, 0.717) is 10.7 Å². The van der Waals surface area contributed by atoms with Crippen LogP contribution in [0.2, 0.25) is 10.2 Å². The first-order chi connectivity index (χ1) is 14.2. The van der Waals surface area contributed by atoms with Crippen LogP contribution < -0.4 is 0 Å². The molecule has 4 nitrogen and oxygen atoms in total. The summed E-state index contributed by atoms with van der Waals surface area (Å²) in [7, 11) is 0. The third-order valence-electron chi connectivity index (χ3n) is 4.25. The zero-order valence-electron chi connectivity index (χ0n) is 15.1. The lowest BCUT2D eigenvalue weighted by Gasteiger charge is -2.13. The summed E-state index contributed by atoms with van der Waals surface area (Å²) in [5.41, 5.74) is -0.671. The number of rotatable bonds is 6. The van der Waals surface area contributed by atoms with E-state index in [0.717, 1.165) is 18.0 Å². The molecule has 0 N–H and O–H groups in total. The topological polar surface area (TPSA) is 55.7 Å². The predicted octanol–water partition coefficient (Wildman–Crippen LogP) is 6.54. The van der Waals surface area contributed by atoms with Crippen molar-refractivity contribution in [1.29, 1.82) is 0 Å². The van der Waals surface area contributed by atoms with Crippen LogP contribution in [-0.4, -0.2) is 20.7 Å². The van der Waals surface area contributed by atoms with Crippen molar-refractivity contribution in [3.8, 4) is 11.1 Å². The maximum absolute atomic E-state index is 14.7. The summed E-state index contributed by atoms with van der Waals surface area (Å²) in [6, 6.07) is 7.96. The number of Topliss-reactive ketones (excluding diaryl/α,β-unsaturated/α-hetero) is 1. The molecule has 3 aromatic rings. The summed E-state index contributed by atoms with van der Waals surface area (Å²) in [4.78, 5) is 22.8. The van der Waals surface area contributed by atoms with E-state index in [1.807, 2.05) is 0 Å². The Balaban J connectivity index is 1.72. The van der Waals surface area contributed by atoms with Gasteiger partial charge in [-0.2, -0.15) is 13.2 Å². The van der Waals surface area contributed by atoms with Gasteiger partial charge in [0.05, 0.1) is 0 Å². The second-order valence-electron chi connectivity index (χ2n) is 6.29. The van der Waals surface area contributed by atoms with E-state index >= 15 is 0 Å². The van der Waals surface area contributed by atoms with Crippen LogP contribution in [0.5, 0.6) is 0 Å². The Kier molecular flexibility index (Phi) is 6.67. The minimum atomic E-state index is -4.83. The SMILES string of the molecule is O=C(CCC(F)c1ccc(-c2ccc(Cl)nc2)cc1Cl)c1nccnc1C(F)(F)F. The molecule has 30 heavy (non-hydrogen) atoms. The number of hydrogen-bond donors (Lipinski definition) is 0. The molecule has 1 aromatic carbocycles. The fraction of sp³-hybridized carbons (Fsp3) is 0.200. The lowest BCUT2D eigenvalue weighted by molar-refractivity contribution is -0.141. The van der Waals surface area contributed by atoms with Gasteiger partial charge in [0.2, 0.25) is 0 Å². The van der Waals surface area contributed by atoms with E-state index in [9.17, 15) is 22.4 Å². The first kappa shape index (κ1) is 22.1. The van der Waals surface area contributed by atoms with E-state index < -0.39 is 35.9 Å². The maximum Gasteiger partial charge on any atom is 0.435 e. The number of pyridine rings is 1. The van der Waals surface area contributed by atoms with Crippen molar-refractivity contribution in [3.05, 3.63) is 76.0 Å². The fourth-order valence-electron chi connectivity index (χ4n) is 2.79. The average molecular weight is 458 g/mol. The zero-order valence-corrected chi connectivity index (χ0v) is 16.6. The van der Waals surface area contributed by atoms with Gasteiger partial charge in [0.15, 0.2) is 11.5 Å². The zero-order chi connectivity index (χ0) is 21.9. The van der Waals surface area contributed by atoms with E-state index in [-0.39, 0.29) is 17.0 Å². The Bertz CT molecular complexity index is 1060. The molecule has 0 aliphatic heterocycles. The van der Waals surface area contributed by atoms with Gasteiger partial charge in [-0.05, 0) is 30.2 Å². The molecule has 10 heteroatoms. The quantitative estimate of drug-likeness (QED) is 0.239. The first-order valence-electron chi connectivity index (χ1n) is 8.63. The number of benzene rings is 1. The van der Waals surface area contributed by atoms with Crippen molar-refractivity contribution >= 4 is 29.0 Å². The van der Waals surface area contributed by atoms with Crippen LogP contribution in [0.1, 0.15) is 40.8 Å². The second kappa shape index (κ2) is 9.06. The molecular weight excluding hydrogens is 445 g/mol. The summed E-state index contributed by atoms with van der Waals surface area (Å²) >= 11 is 11.9. The summed E-state index contributed by atoms with van der Waals surface area (Å²) < 4.78 is 53.6. The number of hydrogen-bond acceptors (Lipinski definition) is 4. The average Bonchev–Trinajstić information content (AvgIpc) is 2.71. The van der Waals surface area contributed by atoms with Gasteiger partial charge in [0.25, 0.3) is 0 Å². The van der Waals surface area contributed by atoms with Crippen LogP contribution in [0.15, 0.2) is 48.9 Å². The van der Waals surface area contributed by atoms with Gasteiger partial charge < -0.3 is 0 Å². The highest BCUT2D eigenvalue weighted by Gasteiger charge is 2.37. The molecule has 0 saturated carbocycles. The molecule has 3 rings (SSSR count). The number of aromatic nitrogens is 3. The Morgan fingerprint density at radius 2 is 1.70 bits per heavy atom. The molecule has 2 heterocycles. The third-order valence-corrected chi connectivity index (χ3v) is 4.81. The standard InChI is InChI=1S/C20H13Cl2F4N3O/c21-14-9-11(12-2-6-17(22)29-10-12)1-3-13(14)15(23)4-5-16(30)18-19(20(24,25)26)28-8-7-27-18/h1-3,6-10,15H,4-5H2. The molecule has 0 fully saturated rings. The Labute approximate surface area is 178 Å². The van der Waals surface area contributed by atoms with Gasteiger partial charge >= 0.3 is 6.18 Å². The number of halogens is 6. The van der Waals surface area contributed by atoms with Gasteiger partial charge in [0.1, 0.15) is 17.0 Å². The van der Waals surface area contributed by atoms with Crippen LogP contribution in [0.25, 0.3) is 11.1 Å². The molecule has 1 unspecified atom stereocenters. The highest BCUT2D eigenvalue weighted by molar-refractivity contribution is 6.31. The molecule has 0 bridgehead atoms. The third kappa shape index (κ3) is 5.12. The van der Waals surface area contributed by atoms with E-state index in [1.165, 1.54) is 6.07 Å². The van der Waals surface area contributed by atoms with Gasteiger partial charge in [-0.15, -0.1) is 0 Å². The predicted molar refractivity (Wildman–Crippen MR) is 104 cm³/mol. The van der Waals surface area contributed by atoms with Crippen LogP contribution in [0.4, 0.5) is 17.6 Å². The van der Waals surface area contributed by atoms with E-state index in [1.54, 1.807) is 30.5 Å². The van der Waals surface area contributed by atoms with Crippen LogP contribution in [-0.2, 0) is 6.18 Å². The van der Waals surface area contributed by atoms with Crippen molar-refractivity contribution < 1.29 is 22.4 Å². The fourth-order valence-corrected chi connectivity index (χ4v) is 3.20. The molecule has 156 valence electrons.